The van der Waals surface area contributed by atoms with Crippen molar-refractivity contribution >= 4 is 21.6 Å². The second-order valence-corrected chi connectivity index (χ2v) is 9.25. The quantitative estimate of drug-likeness (QED) is 0.633. The van der Waals surface area contributed by atoms with Crippen LogP contribution < -0.4 is 19.5 Å². The predicted molar refractivity (Wildman–Crippen MR) is 116 cm³/mol. The fourth-order valence-corrected chi connectivity index (χ4v) is 4.36. The van der Waals surface area contributed by atoms with Crippen molar-refractivity contribution in [3.8, 4) is 11.5 Å². The van der Waals surface area contributed by atoms with Crippen molar-refractivity contribution in [3.05, 3.63) is 48.0 Å². The smallest absolute Gasteiger partial charge is 0.262 e. The van der Waals surface area contributed by atoms with Gasteiger partial charge in [-0.3, -0.25) is 9.52 Å². The van der Waals surface area contributed by atoms with Crippen molar-refractivity contribution in [1.82, 2.24) is 5.32 Å². The number of nitrogens with one attached hydrogen (secondary N) is 2. The van der Waals surface area contributed by atoms with Crippen LogP contribution in [0.15, 0.2) is 47.4 Å². The van der Waals surface area contributed by atoms with Crippen LogP contribution in [0.2, 0.25) is 0 Å². The molecule has 1 aliphatic rings. The van der Waals surface area contributed by atoms with Crippen LogP contribution in [-0.4, -0.2) is 34.6 Å². The minimum atomic E-state index is -3.80. The van der Waals surface area contributed by atoms with Gasteiger partial charge >= 0.3 is 0 Å². The van der Waals surface area contributed by atoms with Crippen molar-refractivity contribution in [3.63, 3.8) is 0 Å². The van der Waals surface area contributed by atoms with Crippen LogP contribution >= 0.6 is 0 Å². The summed E-state index contributed by atoms with van der Waals surface area (Å²) in [5, 5.41) is 3.05. The third-order valence-electron chi connectivity index (χ3n) is 5.53. The summed E-state index contributed by atoms with van der Waals surface area (Å²) < 4.78 is 38.4. The normalized spacial score (nSPS) is 15.7. The number of carbonyl (C=O) groups excluding carboxylic acids is 1. The van der Waals surface area contributed by atoms with E-state index in [1.165, 1.54) is 26.4 Å². The van der Waals surface area contributed by atoms with Crippen LogP contribution in [0.25, 0.3) is 0 Å². The average Bonchev–Trinajstić information content (AvgIpc) is 3.55. The lowest BCUT2D eigenvalue weighted by Gasteiger charge is -2.19. The molecule has 0 aliphatic heterocycles. The van der Waals surface area contributed by atoms with Crippen LogP contribution in [0.5, 0.6) is 11.5 Å². The van der Waals surface area contributed by atoms with Gasteiger partial charge in [-0.1, -0.05) is 19.1 Å². The number of hydrogen-bond donors (Lipinski definition) is 2. The molecule has 8 heteroatoms. The Morgan fingerprint density at radius 2 is 1.70 bits per heavy atom. The standard InChI is InChI=1S/C22H28N2O5S/c1-5-15(2)23-21(25)22(12-13-22)16-6-8-17(9-7-16)24-30(26,27)18-10-11-19(28-3)20(14-18)29-4/h6-11,14-15,24H,5,12-13H2,1-4H3,(H,23,25). The van der Waals surface area contributed by atoms with Gasteiger partial charge in [0.2, 0.25) is 5.91 Å². The van der Waals surface area contributed by atoms with E-state index in [0.29, 0.717) is 17.2 Å². The van der Waals surface area contributed by atoms with Gasteiger partial charge in [-0.05, 0) is 56.0 Å². The number of rotatable bonds is 9. The first kappa shape index (κ1) is 22.0. The highest BCUT2D eigenvalue weighted by Gasteiger charge is 2.51. The van der Waals surface area contributed by atoms with E-state index in [-0.39, 0.29) is 16.8 Å². The summed E-state index contributed by atoms with van der Waals surface area (Å²) >= 11 is 0. The third kappa shape index (κ3) is 4.38. The highest BCUT2D eigenvalue weighted by molar-refractivity contribution is 7.92. The Morgan fingerprint density at radius 3 is 2.23 bits per heavy atom. The molecule has 162 valence electrons. The van der Waals surface area contributed by atoms with Crippen LogP contribution in [0.3, 0.4) is 0 Å². The number of benzene rings is 2. The van der Waals surface area contributed by atoms with E-state index in [1.807, 2.05) is 26.0 Å². The molecule has 0 saturated heterocycles. The SMILES string of the molecule is CCC(C)NC(=O)C1(c2ccc(NS(=O)(=O)c3ccc(OC)c(OC)c3)cc2)CC1. The molecule has 1 saturated carbocycles. The minimum Gasteiger partial charge on any atom is -0.493 e. The topological polar surface area (TPSA) is 93.7 Å². The molecule has 7 nitrogen and oxygen atoms in total. The van der Waals surface area contributed by atoms with Gasteiger partial charge in [0.15, 0.2) is 11.5 Å². The Bertz CT molecular complexity index is 1010. The molecular weight excluding hydrogens is 404 g/mol. The van der Waals surface area contributed by atoms with Gasteiger partial charge < -0.3 is 14.8 Å². The molecule has 30 heavy (non-hydrogen) atoms. The number of anilines is 1. The molecule has 0 spiro atoms. The van der Waals surface area contributed by atoms with Gasteiger partial charge in [0, 0.05) is 17.8 Å². The third-order valence-corrected chi connectivity index (χ3v) is 6.91. The highest BCUT2D eigenvalue weighted by Crippen LogP contribution is 2.48. The van der Waals surface area contributed by atoms with E-state index in [4.69, 9.17) is 9.47 Å². The molecule has 1 atom stereocenters. The fourth-order valence-electron chi connectivity index (χ4n) is 3.29. The number of methoxy groups -OCH3 is 2. The summed E-state index contributed by atoms with van der Waals surface area (Å²) in [5.74, 6) is 0.820. The Kier molecular flexibility index (Phi) is 6.26. The lowest BCUT2D eigenvalue weighted by Crippen LogP contribution is -2.39. The van der Waals surface area contributed by atoms with Gasteiger partial charge in [-0.2, -0.15) is 0 Å². The summed E-state index contributed by atoms with van der Waals surface area (Å²) in [6, 6.07) is 11.5. The number of carbonyl (C=O) groups is 1. The Hall–Kier alpha value is -2.74. The summed E-state index contributed by atoms with van der Waals surface area (Å²) in [7, 11) is -0.866. The Balaban J connectivity index is 1.76. The van der Waals surface area contributed by atoms with Gasteiger partial charge in [0.1, 0.15) is 0 Å². The monoisotopic (exact) mass is 432 g/mol. The zero-order valence-electron chi connectivity index (χ0n) is 17.7. The van der Waals surface area contributed by atoms with E-state index >= 15 is 0 Å². The number of amides is 1. The first-order chi connectivity index (χ1) is 14.3. The average molecular weight is 433 g/mol. The molecule has 0 heterocycles. The molecule has 1 fully saturated rings. The first-order valence-corrected chi connectivity index (χ1v) is 11.4. The van der Waals surface area contributed by atoms with Crippen molar-refractivity contribution < 1.29 is 22.7 Å². The lowest BCUT2D eigenvalue weighted by atomic mass is 9.94. The maximum Gasteiger partial charge on any atom is 0.262 e. The van der Waals surface area contributed by atoms with Crippen molar-refractivity contribution in [2.75, 3.05) is 18.9 Å². The zero-order valence-corrected chi connectivity index (χ0v) is 18.5. The van der Waals surface area contributed by atoms with E-state index < -0.39 is 15.4 Å². The van der Waals surface area contributed by atoms with Crippen molar-refractivity contribution in [1.29, 1.82) is 0 Å². The largest absolute Gasteiger partial charge is 0.493 e. The van der Waals surface area contributed by atoms with Crippen LogP contribution in [0, 0.1) is 0 Å². The Morgan fingerprint density at radius 1 is 1.07 bits per heavy atom. The number of ether oxygens (including phenoxy) is 2. The summed E-state index contributed by atoms with van der Waals surface area (Å²) in [6.45, 7) is 4.02. The van der Waals surface area contributed by atoms with E-state index in [2.05, 4.69) is 10.0 Å². The fraction of sp³-hybridized carbons (Fsp3) is 0.409. The van der Waals surface area contributed by atoms with Crippen LogP contribution in [-0.2, 0) is 20.2 Å². The molecule has 0 bridgehead atoms. The lowest BCUT2D eigenvalue weighted by molar-refractivity contribution is -0.124. The maximum absolute atomic E-state index is 12.8. The summed E-state index contributed by atoms with van der Waals surface area (Å²) in [6.07, 6.45) is 2.47. The van der Waals surface area contributed by atoms with Crippen molar-refractivity contribution in [2.45, 2.75) is 49.5 Å². The second-order valence-electron chi connectivity index (χ2n) is 7.56. The predicted octanol–water partition coefficient (Wildman–Crippen LogP) is 3.45. The Labute approximate surface area is 177 Å². The first-order valence-electron chi connectivity index (χ1n) is 9.92. The zero-order chi connectivity index (χ0) is 21.9. The van der Waals surface area contributed by atoms with Crippen LogP contribution in [0.4, 0.5) is 5.69 Å². The molecule has 2 aromatic carbocycles. The van der Waals surface area contributed by atoms with E-state index in [1.54, 1.807) is 18.2 Å². The highest BCUT2D eigenvalue weighted by atomic mass is 32.2. The number of hydrogen-bond acceptors (Lipinski definition) is 5. The molecule has 1 unspecified atom stereocenters. The molecule has 2 aromatic rings. The van der Waals surface area contributed by atoms with Crippen molar-refractivity contribution in [2.24, 2.45) is 0 Å². The van der Waals surface area contributed by atoms with Crippen LogP contribution in [0.1, 0.15) is 38.7 Å². The molecular formula is C22H28N2O5S. The molecule has 0 aromatic heterocycles. The number of sulfonamides is 1. The van der Waals surface area contributed by atoms with E-state index in [9.17, 15) is 13.2 Å². The molecule has 0 radical (unpaired) electrons. The molecule has 2 N–H and O–H groups in total. The minimum absolute atomic E-state index is 0.0375. The molecule has 1 aliphatic carbocycles. The van der Waals surface area contributed by atoms with Gasteiger partial charge in [0.05, 0.1) is 24.5 Å². The maximum atomic E-state index is 12.8. The molecule has 1 amide bonds. The van der Waals surface area contributed by atoms with Gasteiger partial charge in [0.25, 0.3) is 10.0 Å². The summed E-state index contributed by atoms with van der Waals surface area (Å²) in [5.41, 5.74) is 0.827. The molecule has 3 rings (SSSR count). The van der Waals surface area contributed by atoms with Gasteiger partial charge in [-0.15, -0.1) is 0 Å². The summed E-state index contributed by atoms with van der Waals surface area (Å²) in [4.78, 5) is 12.7. The second kappa shape index (κ2) is 8.55. The van der Waals surface area contributed by atoms with E-state index in [0.717, 1.165) is 24.8 Å². The van der Waals surface area contributed by atoms with Gasteiger partial charge in [-0.25, -0.2) is 8.42 Å².